The molecular weight excluding hydrogens is 368 g/mol. The van der Waals surface area contributed by atoms with Gasteiger partial charge in [0.1, 0.15) is 6.54 Å². The lowest BCUT2D eigenvalue weighted by molar-refractivity contribution is -0.135. The lowest BCUT2D eigenvalue weighted by atomic mass is 10.1. The van der Waals surface area contributed by atoms with Crippen molar-refractivity contribution in [3.63, 3.8) is 0 Å². The van der Waals surface area contributed by atoms with Crippen LogP contribution in [0.3, 0.4) is 0 Å². The van der Waals surface area contributed by atoms with Gasteiger partial charge in [-0.1, -0.05) is 6.92 Å². The number of carbonyl (C=O) groups excluding carboxylic acids is 2. The van der Waals surface area contributed by atoms with Crippen LogP contribution in [-0.2, 0) is 20.9 Å². The van der Waals surface area contributed by atoms with Crippen LogP contribution >= 0.6 is 12.4 Å². The lowest BCUT2D eigenvalue weighted by Crippen LogP contribution is -2.42. The Balaban J connectivity index is 0.00000261. The van der Waals surface area contributed by atoms with Crippen LogP contribution in [0.4, 0.5) is 5.69 Å². The smallest absolute Gasteiger partial charge is 0.242 e. The summed E-state index contributed by atoms with van der Waals surface area (Å²) in [7, 11) is 1.83. The Morgan fingerprint density at radius 2 is 1.96 bits per heavy atom. The molecule has 3 rings (SSSR count). The molecule has 0 aliphatic carbocycles. The van der Waals surface area contributed by atoms with Gasteiger partial charge in [-0.05, 0) is 31.3 Å². The van der Waals surface area contributed by atoms with E-state index < -0.39 is 0 Å². The molecule has 2 amide bonds. The zero-order valence-corrected chi connectivity index (χ0v) is 16.6. The van der Waals surface area contributed by atoms with Crippen molar-refractivity contribution in [3.05, 3.63) is 30.5 Å². The van der Waals surface area contributed by atoms with E-state index in [4.69, 9.17) is 4.74 Å². The molecule has 27 heavy (non-hydrogen) atoms. The first-order valence-corrected chi connectivity index (χ1v) is 8.98. The number of anilines is 1. The number of hydrogen-bond acceptors (Lipinski definition) is 4. The van der Waals surface area contributed by atoms with Crippen molar-refractivity contribution >= 4 is 40.8 Å². The normalized spacial score (nSPS) is 15.3. The average Bonchev–Trinajstić information content (AvgIpc) is 3.04. The van der Waals surface area contributed by atoms with E-state index >= 15 is 0 Å². The Morgan fingerprint density at radius 1 is 1.22 bits per heavy atom. The molecule has 1 fully saturated rings. The maximum atomic E-state index is 12.4. The number of morpholine rings is 1. The van der Waals surface area contributed by atoms with E-state index in [0.29, 0.717) is 39.4 Å². The molecular formula is C19H27ClN4O3. The van der Waals surface area contributed by atoms with E-state index in [1.807, 2.05) is 53.9 Å². The minimum absolute atomic E-state index is 0. The van der Waals surface area contributed by atoms with Crippen LogP contribution in [-0.4, -0.2) is 61.2 Å². The number of nitrogens with zero attached hydrogens (tertiary/aromatic N) is 2. The van der Waals surface area contributed by atoms with Gasteiger partial charge in [-0.3, -0.25) is 9.59 Å². The van der Waals surface area contributed by atoms with Gasteiger partial charge in [0.2, 0.25) is 11.8 Å². The molecule has 1 aliphatic heterocycles. The number of ether oxygens (including phenoxy) is 1. The second-order valence-electron chi connectivity index (χ2n) is 6.66. The quantitative estimate of drug-likeness (QED) is 0.782. The van der Waals surface area contributed by atoms with Crippen molar-refractivity contribution in [2.75, 3.05) is 45.2 Å². The van der Waals surface area contributed by atoms with Crippen molar-refractivity contribution in [2.45, 2.75) is 13.5 Å². The third kappa shape index (κ3) is 5.22. The fraction of sp³-hybridized carbons (Fsp3) is 0.474. The molecule has 2 N–H and O–H groups in total. The zero-order chi connectivity index (χ0) is 18.5. The Kier molecular flexibility index (Phi) is 7.65. The molecule has 148 valence electrons. The van der Waals surface area contributed by atoms with E-state index in [2.05, 4.69) is 10.6 Å². The van der Waals surface area contributed by atoms with Gasteiger partial charge in [-0.25, -0.2) is 0 Å². The van der Waals surface area contributed by atoms with Gasteiger partial charge in [-0.15, -0.1) is 12.4 Å². The van der Waals surface area contributed by atoms with Gasteiger partial charge in [0.15, 0.2) is 0 Å². The van der Waals surface area contributed by atoms with Gasteiger partial charge in [0.05, 0.1) is 13.2 Å². The van der Waals surface area contributed by atoms with Gasteiger partial charge < -0.3 is 24.8 Å². The second kappa shape index (κ2) is 9.73. The van der Waals surface area contributed by atoms with Gasteiger partial charge in [-0.2, -0.15) is 0 Å². The fourth-order valence-electron chi connectivity index (χ4n) is 3.14. The highest BCUT2D eigenvalue weighted by atomic mass is 35.5. The Labute approximate surface area is 165 Å². The molecule has 1 aliphatic rings. The SMILES string of the molecule is CNCC(C)C(=O)Nc1ccc2c(ccn2CC(=O)N2CCOCC2)c1.Cl. The number of nitrogens with one attached hydrogen (secondary N) is 2. The molecule has 2 aromatic rings. The number of hydrogen-bond donors (Lipinski definition) is 2. The maximum Gasteiger partial charge on any atom is 0.242 e. The summed E-state index contributed by atoms with van der Waals surface area (Å²) in [6.45, 7) is 5.35. The summed E-state index contributed by atoms with van der Waals surface area (Å²) in [5.74, 6) is -0.0175. The molecule has 1 unspecified atom stereocenters. The van der Waals surface area contributed by atoms with Crippen LogP contribution in [0.2, 0.25) is 0 Å². The number of benzene rings is 1. The predicted molar refractivity (Wildman–Crippen MR) is 108 cm³/mol. The molecule has 0 bridgehead atoms. The molecule has 0 radical (unpaired) electrons. The number of halogens is 1. The van der Waals surface area contributed by atoms with E-state index in [1.165, 1.54) is 0 Å². The summed E-state index contributed by atoms with van der Waals surface area (Å²) in [5, 5.41) is 6.95. The summed E-state index contributed by atoms with van der Waals surface area (Å²) >= 11 is 0. The molecule has 1 aromatic carbocycles. The van der Waals surface area contributed by atoms with Crippen molar-refractivity contribution < 1.29 is 14.3 Å². The topological polar surface area (TPSA) is 75.6 Å². The summed E-state index contributed by atoms with van der Waals surface area (Å²) in [5.41, 5.74) is 1.75. The van der Waals surface area contributed by atoms with Crippen molar-refractivity contribution in [2.24, 2.45) is 5.92 Å². The highest BCUT2D eigenvalue weighted by Crippen LogP contribution is 2.21. The number of amides is 2. The molecule has 0 spiro atoms. The first kappa shape index (κ1) is 21.2. The summed E-state index contributed by atoms with van der Waals surface area (Å²) in [6.07, 6.45) is 1.91. The van der Waals surface area contributed by atoms with Crippen molar-refractivity contribution in [1.29, 1.82) is 0 Å². The lowest BCUT2D eigenvalue weighted by Gasteiger charge is -2.27. The Hall–Kier alpha value is -2.09. The van der Waals surface area contributed by atoms with Crippen LogP contribution in [0, 0.1) is 5.92 Å². The standard InChI is InChI=1S/C19H26N4O3.ClH/c1-14(12-20-2)19(25)21-16-3-4-17-15(11-16)5-6-23(17)13-18(24)22-7-9-26-10-8-22;/h3-6,11,14,20H,7-10,12-13H2,1-2H3,(H,21,25);1H. The number of carbonyl (C=O) groups is 2. The first-order valence-electron chi connectivity index (χ1n) is 8.98. The van der Waals surface area contributed by atoms with E-state index in [1.54, 1.807) is 0 Å². The van der Waals surface area contributed by atoms with Crippen LogP contribution in [0.15, 0.2) is 30.5 Å². The highest BCUT2D eigenvalue weighted by Gasteiger charge is 2.18. The third-order valence-corrected chi connectivity index (χ3v) is 4.67. The molecule has 0 saturated carbocycles. The minimum Gasteiger partial charge on any atom is -0.378 e. The fourth-order valence-corrected chi connectivity index (χ4v) is 3.14. The van der Waals surface area contributed by atoms with Crippen LogP contribution < -0.4 is 10.6 Å². The van der Waals surface area contributed by atoms with Gasteiger partial charge >= 0.3 is 0 Å². The largest absolute Gasteiger partial charge is 0.378 e. The average molecular weight is 395 g/mol. The zero-order valence-electron chi connectivity index (χ0n) is 15.7. The van der Waals surface area contributed by atoms with Crippen molar-refractivity contribution in [3.8, 4) is 0 Å². The molecule has 1 aromatic heterocycles. The van der Waals surface area contributed by atoms with Gasteiger partial charge in [0.25, 0.3) is 0 Å². The maximum absolute atomic E-state index is 12.4. The summed E-state index contributed by atoms with van der Waals surface area (Å²) in [4.78, 5) is 26.4. The molecule has 1 saturated heterocycles. The highest BCUT2D eigenvalue weighted by molar-refractivity contribution is 5.95. The van der Waals surface area contributed by atoms with Crippen LogP contribution in [0.1, 0.15) is 6.92 Å². The molecule has 1 atom stereocenters. The second-order valence-corrected chi connectivity index (χ2v) is 6.66. The minimum atomic E-state index is -0.105. The monoisotopic (exact) mass is 394 g/mol. The summed E-state index contributed by atoms with van der Waals surface area (Å²) < 4.78 is 7.24. The number of rotatable bonds is 6. The Bertz CT molecular complexity index is 786. The molecule has 7 nitrogen and oxygen atoms in total. The van der Waals surface area contributed by atoms with E-state index in [-0.39, 0.29) is 30.1 Å². The predicted octanol–water partition coefficient (Wildman–Crippen LogP) is 1.72. The van der Waals surface area contributed by atoms with Crippen LogP contribution in [0.5, 0.6) is 0 Å². The summed E-state index contributed by atoms with van der Waals surface area (Å²) in [6, 6.07) is 7.73. The molecule has 2 heterocycles. The molecule has 8 heteroatoms. The van der Waals surface area contributed by atoms with Crippen molar-refractivity contribution in [1.82, 2.24) is 14.8 Å². The Morgan fingerprint density at radius 3 is 2.67 bits per heavy atom. The van der Waals surface area contributed by atoms with Gasteiger partial charge in [0, 0.05) is 48.3 Å². The third-order valence-electron chi connectivity index (χ3n) is 4.67. The van der Waals surface area contributed by atoms with E-state index in [9.17, 15) is 9.59 Å². The van der Waals surface area contributed by atoms with E-state index in [0.717, 1.165) is 16.6 Å². The first-order chi connectivity index (χ1) is 12.6. The number of aromatic nitrogens is 1. The van der Waals surface area contributed by atoms with Crippen LogP contribution in [0.25, 0.3) is 10.9 Å². The number of fused-ring (bicyclic) bond motifs is 1.